The van der Waals surface area contributed by atoms with E-state index >= 15 is 0 Å². The minimum absolute atomic E-state index is 0.00727. The van der Waals surface area contributed by atoms with E-state index in [4.69, 9.17) is 23.7 Å². The lowest BCUT2D eigenvalue weighted by atomic mass is 9.97. The van der Waals surface area contributed by atoms with Gasteiger partial charge in [-0.1, -0.05) is 17.4 Å². The monoisotopic (exact) mass is 737 g/mol. The van der Waals surface area contributed by atoms with Crippen molar-refractivity contribution in [2.75, 3.05) is 26.9 Å². The largest absolute Gasteiger partial charge is 0.490 e. The molecule has 1 aromatic heterocycles. The Kier molecular flexibility index (Phi) is 11.0. The van der Waals surface area contributed by atoms with Crippen LogP contribution in [0.3, 0.4) is 0 Å². The Bertz CT molecular complexity index is 2060. The number of benzene rings is 3. The second-order valence-corrected chi connectivity index (χ2v) is 12.1. The van der Waals surface area contributed by atoms with Crippen LogP contribution in [-0.2, 0) is 16.1 Å². The number of fused-ring (bicyclic) bond motifs is 1. The maximum atomic E-state index is 14.1. The van der Waals surface area contributed by atoms with E-state index in [1.165, 1.54) is 41.3 Å². The minimum Gasteiger partial charge on any atom is -0.490 e. The predicted octanol–water partition coefficient (Wildman–Crippen LogP) is 5.46. The zero-order chi connectivity index (χ0) is 34.4. The summed E-state index contributed by atoms with van der Waals surface area (Å²) in [6, 6.07) is 14.1. The summed E-state index contributed by atoms with van der Waals surface area (Å²) >= 11 is 4.76. The summed E-state index contributed by atoms with van der Waals surface area (Å²) in [5, 5.41) is 11.0. The Morgan fingerprint density at radius 2 is 1.67 bits per heavy atom. The van der Waals surface area contributed by atoms with E-state index in [1.54, 1.807) is 48.5 Å². The second-order valence-electron chi connectivity index (χ2n) is 10.2. The van der Waals surface area contributed by atoms with Gasteiger partial charge in [0.2, 0.25) is 0 Å². The first-order chi connectivity index (χ1) is 23.2. The Morgan fingerprint density at radius 3 is 2.33 bits per heavy atom. The molecule has 0 N–H and O–H groups in total. The molecule has 1 aliphatic rings. The van der Waals surface area contributed by atoms with Crippen LogP contribution in [0.5, 0.6) is 23.0 Å². The van der Waals surface area contributed by atoms with Crippen molar-refractivity contribution in [2.24, 2.45) is 4.99 Å². The Morgan fingerprint density at radius 1 is 0.979 bits per heavy atom. The summed E-state index contributed by atoms with van der Waals surface area (Å²) in [5.74, 6) is 1.31. The summed E-state index contributed by atoms with van der Waals surface area (Å²) in [7, 11) is 1.28. The molecule has 0 fully saturated rings. The van der Waals surface area contributed by atoms with Crippen LogP contribution in [0.2, 0.25) is 0 Å². The minimum atomic E-state index is -0.827. The number of carbonyl (C=O) groups is 1. The van der Waals surface area contributed by atoms with Gasteiger partial charge in [-0.05, 0) is 95.9 Å². The number of hydrogen-bond acceptors (Lipinski definition) is 11. The normalized spacial score (nSPS) is 14.0. The van der Waals surface area contributed by atoms with Crippen LogP contribution in [0.15, 0.2) is 80.6 Å². The number of nitro benzene ring substituents is 1. The molecule has 5 rings (SSSR count). The summed E-state index contributed by atoms with van der Waals surface area (Å²) in [5.41, 5.74) is 1.85. The van der Waals surface area contributed by atoms with Crippen molar-refractivity contribution in [2.45, 2.75) is 33.4 Å². The van der Waals surface area contributed by atoms with Crippen molar-refractivity contribution in [3.8, 4) is 23.0 Å². The van der Waals surface area contributed by atoms with E-state index in [1.807, 2.05) is 20.8 Å². The summed E-state index contributed by atoms with van der Waals surface area (Å²) in [4.78, 5) is 42.4. The van der Waals surface area contributed by atoms with Gasteiger partial charge in [-0.15, -0.1) is 0 Å². The van der Waals surface area contributed by atoms with Gasteiger partial charge in [-0.25, -0.2) is 9.79 Å². The molecule has 0 saturated carbocycles. The summed E-state index contributed by atoms with van der Waals surface area (Å²) in [6.07, 6.45) is 3.16. The highest BCUT2D eigenvalue weighted by Gasteiger charge is 2.31. The van der Waals surface area contributed by atoms with Gasteiger partial charge in [0.05, 0.1) is 52.5 Å². The molecule has 250 valence electrons. The number of esters is 1. The highest BCUT2D eigenvalue weighted by Crippen LogP contribution is 2.38. The molecule has 14 heteroatoms. The standard InChI is InChI=1S/C34H32BrN3O9S/c1-5-44-26-13-10-22(17-27(26)45-6-2)30-24(33(40)43-4)18-36-34-37(30)32(39)29(48-34)16-21-14-25(35)31(28(15-21)46-7-3)47-19-20-8-11-23(12-9-20)38(41)42/h8-18,30H,5-7,19H2,1-4H3/b29-16-/t30-/m1/s1. The fraction of sp³-hybridized carbons (Fsp3) is 0.265. The molecular formula is C34H32BrN3O9S. The number of nitrogens with zero attached hydrogens (tertiary/aromatic N) is 3. The van der Waals surface area contributed by atoms with Crippen LogP contribution >= 0.6 is 27.3 Å². The third-order valence-electron chi connectivity index (χ3n) is 7.17. The number of carbonyl (C=O) groups excluding carboxylic acids is 1. The van der Waals surface area contributed by atoms with Gasteiger partial charge < -0.3 is 23.7 Å². The number of ether oxygens (including phenoxy) is 5. The van der Waals surface area contributed by atoms with Gasteiger partial charge in [-0.3, -0.25) is 19.5 Å². The highest BCUT2D eigenvalue weighted by atomic mass is 79.9. The lowest BCUT2D eigenvalue weighted by Gasteiger charge is -2.23. The van der Waals surface area contributed by atoms with Gasteiger partial charge in [0, 0.05) is 18.3 Å². The maximum absolute atomic E-state index is 14.1. The molecule has 0 amide bonds. The maximum Gasteiger partial charge on any atom is 0.337 e. The molecule has 0 unspecified atom stereocenters. The van der Waals surface area contributed by atoms with Crippen molar-refractivity contribution < 1.29 is 33.4 Å². The third kappa shape index (κ3) is 7.29. The van der Waals surface area contributed by atoms with Crippen molar-refractivity contribution in [3.05, 3.63) is 117 Å². The lowest BCUT2D eigenvalue weighted by molar-refractivity contribution is -0.384. The molecule has 0 bridgehead atoms. The highest BCUT2D eigenvalue weighted by molar-refractivity contribution is 9.10. The first kappa shape index (κ1) is 34.4. The number of nitro groups is 1. The van der Waals surface area contributed by atoms with Crippen LogP contribution in [0.25, 0.3) is 6.08 Å². The van der Waals surface area contributed by atoms with Gasteiger partial charge in [0.1, 0.15) is 6.61 Å². The number of non-ortho nitro benzene ring substituents is 1. The van der Waals surface area contributed by atoms with Gasteiger partial charge in [-0.2, -0.15) is 0 Å². The van der Waals surface area contributed by atoms with Crippen LogP contribution in [0.1, 0.15) is 43.5 Å². The number of methoxy groups -OCH3 is 1. The van der Waals surface area contributed by atoms with E-state index in [0.29, 0.717) is 67.8 Å². The fourth-order valence-electron chi connectivity index (χ4n) is 5.08. The molecule has 12 nitrogen and oxygen atoms in total. The molecule has 1 aliphatic heterocycles. The van der Waals surface area contributed by atoms with Crippen molar-refractivity contribution in [3.63, 3.8) is 0 Å². The molecule has 4 aromatic rings. The van der Waals surface area contributed by atoms with Crippen LogP contribution in [0.4, 0.5) is 5.69 Å². The van der Waals surface area contributed by atoms with E-state index in [-0.39, 0.29) is 23.4 Å². The van der Waals surface area contributed by atoms with Crippen molar-refractivity contribution >= 4 is 45.0 Å². The van der Waals surface area contributed by atoms with E-state index in [2.05, 4.69) is 20.9 Å². The number of thiazole rings is 1. The number of rotatable bonds is 13. The molecule has 0 radical (unpaired) electrons. The van der Waals surface area contributed by atoms with Crippen molar-refractivity contribution in [1.29, 1.82) is 0 Å². The molecule has 48 heavy (non-hydrogen) atoms. The van der Waals surface area contributed by atoms with Gasteiger partial charge in [0.15, 0.2) is 27.8 Å². The van der Waals surface area contributed by atoms with E-state index in [0.717, 1.165) is 5.56 Å². The molecule has 0 spiro atoms. The van der Waals surface area contributed by atoms with Crippen molar-refractivity contribution in [1.82, 2.24) is 4.57 Å². The molecule has 0 saturated heterocycles. The zero-order valence-corrected chi connectivity index (χ0v) is 29.0. The lowest BCUT2D eigenvalue weighted by Crippen LogP contribution is -2.39. The number of halogens is 1. The second kappa shape index (κ2) is 15.3. The summed E-state index contributed by atoms with van der Waals surface area (Å²) in [6.45, 7) is 6.91. The Labute approximate surface area is 287 Å². The molecule has 2 heterocycles. The number of hydrogen-bond donors (Lipinski definition) is 0. The van der Waals surface area contributed by atoms with Gasteiger partial charge in [0.25, 0.3) is 11.2 Å². The first-order valence-electron chi connectivity index (χ1n) is 15.0. The topological polar surface area (TPSA) is 141 Å². The van der Waals surface area contributed by atoms with Gasteiger partial charge >= 0.3 is 5.97 Å². The Balaban J connectivity index is 1.54. The zero-order valence-electron chi connectivity index (χ0n) is 26.6. The molecule has 0 aliphatic carbocycles. The van der Waals surface area contributed by atoms with Crippen LogP contribution in [-0.4, -0.2) is 42.4 Å². The SMILES string of the molecule is CCOc1ccc([C@@H]2C(C(=O)OC)=CN=c3s/c(=C\c4cc(Br)c(OCc5ccc([N+](=O)[O-])cc5)c(OCC)c4)c(=O)n32)cc1OCC. The summed E-state index contributed by atoms with van der Waals surface area (Å²) < 4.78 is 31.0. The quantitative estimate of drug-likeness (QED) is 0.0993. The van der Waals surface area contributed by atoms with E-state index in [9.17, 15) is 19.7 Å². The average molecular weight is 739 g/mol. The third-order valence-corrected chi connectivity index (χ3v) is 8.75. The fourth-order valence-corrected chi connectivity index (χ4v) is 6.63. The Hall–Kier alpha value is -4.95. The van der Waals surface area contributed by atoms with Crippen LogP contribution in [0, 0.1) is 10.1 Å². The molecular weight excluding hydrogens is 706 g/mol. The average Bonchev–Trinajstić information content (AvgIpc) is 3.39. The smallest absolute Gasteiger partial charge is 0.337 e. The predicted molar refractivity (Wildman–Crippen MR) is 183 cm³/mol. The number of aromatic nitrogens is 1. The van der Waals surface area contributed by atoms with Crippen LogP contribution < -0.4 is 33.8 Å². The molecule has 1 atom stereocenters. The first-order valence-corrected chi connectivity index (χ1v) is 16.6. The molecule has 3 aromatic carbocycles. The van der Waals surface area contributed by atoms with E-state index < -0.39 is 16.9 Å².